The van der Waals surface area contributed by atoms with Crippen LogP contribution in [0.1, 0.15) is 20.8 Å². The summed E-state index contributed by atoms with van der Waals surface area (Å²) in [6.07, 6.45) is 0. The van der Waals surface area contributed by atoms with Crippen LogP contribution >= 0.6 is 11.8 Å². The summed E-state index contributed by atoms with van der Waals surface area (Å²) in [5, 5.41) is 5.83. The predicted molar refractivity (Wildman–Crippen MR) is 111 cm³/mol. The number of benzene rings is 2. The Morgan fingerprint density at radius 3 is 2.30 bits per heavy atom. The number of carbonyl (C=O) groups is 2. The minimum Gasteiger partial charge on any atom is -0.353 e. The zero-order valence-electron chi connectivity index (χ0n) is 16.2. The summed E-state index contributed by atoms with van der Waals surface area (Å²) in [5.74, 6) is -0.233. The third kappa shape index (κ3) is 6.73. The lowest BCUT2D eigenvalue weighted by Crippen LogP contribution is -2.46. The van der Waals surface area contributed by atoms with Crippen LogP contribution in [0.5, 0.6) is 0 Å². The summed E-state index contributed by atoms with van der Waals surface area (Å²) in [4.78, 5) is 28.4. The maximum Gasteiger partial charge on any atom is 0.241 e. The van der Waals surface area contributed by atoms with Gasteiger partial charge in [0.2, 0.25) is 11.8 Å². The van der Waals surface area contributed by atoms with Crippen molar-refractivity contribution in [3.05, 3.63) is 54.6 Å². The molecule has 2 N–H and O–H groups in total. The van der Waals surface area contributed by atoms with E-state index in [1.165, 1.54) is 0 Å². The van der Waals surface area contributed by atoms with Gasteiger partial charge in [-0.1, -0.05) is 42.1 Å². The molecule has 27 heavy (non-hydrogen) atoms. The van der Waals surface area contributed by atoms with Crippen LogP contribution in [0, 0.1) is 0 Å². The van der Waals surface area contributed by atoms with Crippen molar-refractivity contribution in [3.63, 3.8) is 0 Å². The van der Waals surface area contributed by atoms with Gasteiger partial charge in [0, 0.05) is 15.8 Å². The van der Waals surface area contributed by atoms with Crippen molar-refractivity contribution in [2.45, 2.75) is 42.6 Å². The maximum atomic E-state index is 12.7. The van der Waals surface area contributed by atoms with Gasteiger partial charge in [0.25, 0.3) is 0 Å². The smallest absolute Gasteiger partial charge is 0.241 e. The van der Waals surface area contributed by atoms with Crippen LogP contribution in [0.15, 0.2) is 64.4 Å². The largest absolute Gasteiger partial charge is 0.353 e. The van der Waals surface area contributed by atoms with E-state index < -0.39 is 6.04 Å². The van der Waals surface area contributed by atoms with E-state index in [9.17, 15) is 9.59 Å². The molecule has 2 rings (SSSR count). The van der Waals surface area contributed by atoms with Gasteiger partial charge in [0.1, 0.15) is 0 Å². The number of nitrogens with zero attached hydrogens (tertiary/aromatic N) is 1. The normalized spacial score (nSPS) is 12.1. The molecule has 2 aromatic rings. The lowest BCUT2D eigenvalue weighted by Gasteiger charge is -2.24. The molecule has 0 fully saturated rings. The molecule has 6 heteroatoms. The van der Waals surface area contributed by atoms with Crippen LogP contribution in [0.3, 0.4) is 0 Å². The first-order valence-corrected chi connectivity index (χ1v) is 9.81. The number of rotatable bonds is 8. The van der Waals surface area contributed by atoms with E-state index in [0.717, 1.165) is 15.5 Å². The molecule has 2 aromatic carbocycles. The van der Waals surface area contributed by atoms with Gasteiger partial charge < -0.3 is 10.6 Å². The third-order valence-corrected chi connectivity index (χ3v) is 5.08. The summed E-state index contributed by atoms with van der Waals surface area (Å²) >= 11 is 1.60. The van der Waals surface area contributed by atoms with Crippen LogP contribution in [0.2, 0.25) is 0 Å². The molecule has 0 aromatic heterocycles. The molecule has 0 saturated heterocycles. The van der Waals surface area contributed by atoms with Crippen molar-refractivity contribution in [2.24, 2.45) is 0 Å². The molecule has 144 valence electrons. The standard InChI is InChI=1S/C21H27N3O2S/c1-15(2)22-20(25)14-24(4)16(3)21(26)23-18-12-8-9-13-19(18)27-17-10-6-5-7-11-17/h5-13,15-16H,14H2,1-4H3,(H,22,25)(H,23,26). The molecule has 0 aliphatic heterocycles. The van der Waals surface area contributed by atoms with E-state index in [0.29, 0.717) is 0 Å². The molecular weight excluding hydrogens is 358 g/mol. The quantitative estimate of drug-likeness (QED) is 0.729. The summed E-state index contributed by atoms with van der Waals surface area (Å²) < 4.78 is 0. The Kier molecular flexibility index (Phi) is 7.88. The number of para-hydroxylation sites is 1. The van der Waals surface area contributed by atoms with E-state index in [1.54, 1.807) is 30.6 Å². The zero-order valence-corrected chi connectivity index (χ0v) is 17.0. The molecule has 0 aliphatic rings. The van der Waals surface area contributed by atoms with Crippen molar-refractivity contribution in [1.82, 2.24) is 10.2 Å². The van der Waals surface area contributed by atoms with Crippen molar-refractivity contribution >= 4 is 29.3 Å². The predicted octanol–water partition coefficient (Wildman–Crippen LogP) is 3.62. The fraction of sp³-hybridized carbons (Fsp3) is 0.333. The Labute approximate surface area is 165 Å². The van der Waals surface area contributed by atoms with Crippen LogP contribution < -0.4 is 10.6 Å². The number of hydrogen-bond acceptors (Lipinski definition) is 4. The highest BCUT2D eigenvalue weighted by Gasteiger charge is 2.21. The SMILES string of the molecule is CC(C)NC(=O)CN(C)C(C)C(=O)Nc1ccccc1Sc1ccccc1. The number of nitrogens with one attached hydrogen (secondary N) is 2. The van der Waals surface area contributed by atoms with Gasteiger partial charge >= 0.3 is 0 Å². The molecule has 0 heterocycles. The van der Waals surface area contributed by atoms with Crippen molar-refractivity contribution < 1.29 is 9.59 Å². The highest BCUT2D eigenvalue weighted by molar-refractivity contribution is 7.99. The molecule has 0 aliphatic carbocycles. The first-order chi connectivity index (χ1) is 12.9. The number of likely N-dealkylation sites (N-methyl/N-ethyl adjacent to an activating group) is 1. The van der Waals surface area contributed by atoms with Crippen LogP contribution in [-0.4, -0.2) is 42.4 Å². The molecule has 1 unspecified atom stereocenters. The number of anilines is 1. The van der Waals surface area contributed by atoms with E-state index in [-0.39, 0.29) is 24.4 Å². The third-order valence-electron chi connectivity index (χ3n) is 4.00. The van der Waals surface area contributed by atoms with Crippen LogP contribution in [0.25, 0.3) is 0 Å². The summed E-state index contributed by atoms with van der Waals surface area (Å²) in [6.45, 7) is 5.79. The van der Waals surface area contributed by atoms with E-state index in [1.807, 2.05) is 68.4 Å². The Bertz CT molecular complexity index is 765. The first-order valence-electron chi connectivity index (χ1n) is 8.99. The molecule has 5 nitrogen and oxygen atoms in total. The van der Waals surface area contributed by atoms with Crippen LogP contribution in [-0.2, 0) is 9.59 Å². The van der Waals surface area contributed by atoms with Gasteiger partial charge in [0.15, 0.2) is 0 Å². The Balaban J connectivity index is 2.01. The van der Waals surface area contributed by atoms with Gasteiger partial charge in [-0.3, -0.25) is 14.5 Å². The lowest BCUT2D eigenvalue weighted by molar-refractivity contribution is -0.125. The average molecular weight is 386 g/mol. The second-order valence-electron chi connectivity index (χ2n) is 6.71. The minimum atomic E-state index is -0.433. The van der Waals surface area contributed by atoms with Crippen molar-refractivity contribution in [2.75, 3.05) is 18.9 Å². The summed E-state index contributed by atoms with van der Waals surface area (Å²) in [5.41, 5.74) is 0.767. The molecule has 2 amide bonds. The van der Waals surface area contributed by atoms with Crippen molar-refractivity contribution in [3.8, 4) is 0 Å². The molecule has 0 spiro atoms. The van der Waals surface area contributed by atoms with Crippen molar-refractivity contribution in [1.29, 1.82) is 0 Å². The Morgan fingerprint density at radius 1 is 1.00 bits per heavy atom. The molecular formula is C21H27N3O2S. The number of amides is 2. The number of carbonyl (C=O) groups excluding carboxylic acids is 2. The summed E-state index contributed by atoms with van der Waals surface area (Å²) in [7, 11) is 1.77. The molecule has 1 atom stereocenters. The van der Waals surface area contributed by atoms with E-state index in [2.05, 4.69) is 10.6 Å². The highest BCUT2D eigenvalue weighted by Crippen LogP contribution is 2.33. The lowest BCUT2D eigenvalue weighted by atomic mass is 10.2. The Morgan fingerprint density at radius 2 is 1.63 bits per heavy atom. The summed E-state index contributed by atoms with van der Waals surface area (Å²) in [6, 6.07) is 17.4. The van der Waals surface area contributed by atoms with Gasteiger partial charge in [-0.15, -0.1) is 0 Å². The molecule has 0 bridgehead atoms. The van der Waals surface area contributed by atoms with Gasteiger partial charge in [-0.05, 0) is 52.1 Å². The fourth-order valence-corrected chi connectivity index (χ4v) is 3.37. The minimum absolute atomic E-state index is 0.0805. The van der Waals surface area contributed by atoms with E-state index in [4.69, 9.17) is 0 Å². The maximum absolute atomic E-state index is 12.7. The molecule has 0 radical (unpaired) electrons. The molecule has 0 saturated carbocycles. The van der Waals surface area contributed by atoms with Gasteiger partial charge in [-0.25, -0.2) is 0 Å². The monoisotopic (exact) mass is 385 g/mol. The Hall–Kier alpha value is -2.31. The topological polar surface area (TPSA) is 61.4 Å². The van der Waals surface area contributed by atoms with E-state index >= 15 is 0 Å². The second kappa shape index (κ2) is 10.1. The number of hydrogen-bond donors (Lipinski definition) is 2. The zero-order chi connectivity index (χ0) is 19.8. The average Bonchev–Trinajstić information content (AvgIpc) is 2.62. The fourth-order valence-electron chi connectivity index (χ4n) is 2.44. The van der Waals surface area contributed by atoms with Gasteiger partial charge in [-0.2, -0.15) is 0 Å². The van der Waals surface area contributed by atoms with Gasteiger partial charge in [0.05, 0.1) is 18.3 Å². The first kappa shape index (κ1) is 21.0. The highest BCUT2D eigenvalue weighted by atomic mass is 32.2. The second-order valence-corrected chi connectivity index (χ2v) is 7.83. The van der Waals surface area contributed by atoms with Crippen LogP contribution in [0.4, 0.5) is 5.69 Å².